The molecule has 1 atom stereocenters. The molecule has 0 aliphatic carbocycles. The Labute approximate surface area is 77.1 Å². The lowest BCUT2D eigenvalue weighted by molar-refractivity contribution is 0.0703. The Morgan fingerprint density at radius 3 is 2.85 bits per heavy atom. The van der Waals surface area contributed by atoms with E-state index in [2.05, 4.69) is 0 Å². The van der Waals surface area contributed by atoms with Gasteiger partial charge in [0, 0.05) is 0 Å². The molecule has 0 fully saturated rings. The van der Waals surface area contributed by atoms with Crippen molar-refractivity contribution in [3.05, 3.63) is 35.4 Å². The van der Waals surface area contributed by atoms with Crippen molar-refractivity contribution in [2.24, 2.45) is 0 Å². The highest BCUT2D eigenvalue weighted by Crippen LogP contribution is 2.27. The molecule has 3 nitrogen and oxygen atoms in total. The Balaban J connectivity index is 2.37. The van der Waals surface area contributed by atoms with Gasteiger partial charge < -0.3 is 14.8 Å². The van der Waals surface area contributed by atoms with E-state index in [4.69, 9.17) is 14.8 Å². The molecule has 1 aliphatic rings. The summed E-state index contributed by atoms with van der Waals surface area (Å²) in [5.74, 6) is 0. The molecule has 68 valence electrons. The molecule has 2 rings (SSSR count). The van der Waals surface area contributed by atoms with Crippen LogP contribution in [-0.2, 0) is 11.2 Å². The van der Waals surface area contributed by atoms with Crippen LogP contribution in [0, 0.1) is 0 Å². The summed E-state index contributed by atoms with van der Waals surface area (Å²) in [6.07, 6.45) is 0.847. The van der Waals surface area contributed by atoms with Gasteiger partial charge in [0.2, 0.25) is 0 Å². The standard InChI is InChI=1S/C9H11BO3/c11-10(12)9-8-4-2-1-3-7(8)5-6-13-9/h1-4,9,11-12H,5-6H2. The maximum absolute atomic E-state index is 9.05. The molecule has 1 aromatic rings. The summed E-state index contributed by atoms with van der Waals surface area (Å²) in [5, 5.41) is 18.1. The van der Waals surface area contributed by atoms with Gasteiger partial charge in [0.25, 0.3) is 0 Å². The first kappa shape index (κ1) is 8.75. The van der Waals surface area contributed by atoms with Crippen LogP contribution in [0.4, 0.5) is 0 Å². The average molecular weight is 178 g/mol. The van der Waals surface area contributed by atoms with Crippen molar-refractivity contribution in [1.82, 2.24) is 0 Å². The third kappa shape index (κ3) is 1.61. The van der Waals surface area contributed by atoms with Gasteiger partial charge in [0.05, 0.1) is 6.61 Å². The third-order valence-electron chi connectivity index (χ3n) is 2.30. The molecule has 1 heterocycles. The Morgan fingerprint density at radius 1 is 1.31 bits per heavy atom. The molecule has 0 bridgehead atoms. The highest BCUT2D eigenvalue weighted by molar-refractivity contribution is 6.42. The lowest BCUT2D eigenvalue weighted by atomic mass is 9.75. The summed E-state index contributed by atoms with van der Waals surface area (Å²) in [5.41, 5.74) is 2.04. The van der Waals surface area contributed by atoms with Gasteiger partial charge in [-0.3, -0.25) is 0 Å². The second kappa shape index (κ2) is 3.50. The van der Waals surface area contributed by atoms with Crippen LogP contribution in [0.15, 0.2) is 24.3 Å². The van der Waals surface area contributed by atoms with E-state index in [-0.39, 0.29) is 0 Å². The fourth-order valence-electron chi connectivity index (χ4n) is 1.67. The Hall–Kier alpha value is -0.835. The van der Waals surface area contributed by atoms with E-state index in [0.717, 1.165) is 17.5 Å². The molecule has 1 unspecified atom stereocenters. The molecule has 0 aromatic heterocycles. The molecule has 0 radical (unpaired) electrons. The molecule has 0 spiro atoms. The van der Waals surface area contributed by atoms with Crippen molar-refractivity contribution < 1.29 is 14.8 Å². The zero-order valence-corrected chi connectivity index (χ0v) is 7.18. The Bertz CT molecular complexity index is 301. The van der Waals surface area contributed by atoms with Crippen LogP contribution < -0.4 is 0 Å². The fourth-order valence-corrected chi connectivity index (χ4v) is 1.67. The van der Waals surface area contributed by atoms with Crippen molar-refractivity contribution in [3.8, 4) is 0 Å². The van der Waals surface area contributed by atoms with E-state index in [1.54, 1.807) is 0 Å². The second-order valence-corrected chi connectivity index (χ2v) is 3.15. The topological polar surface area (TPSA) is 49.7 Å². The van der Waals surface area contributed by atoms with Crippen LogP contribution in [0.2, 0.25) is 0 Å². The van der Waals surface area contributed by atoms with Gasteiger partial charge in [0.1, 0.15) is 6.00 Å². The normalized spacial score (nSPS) is 20.9. The van der Waals surface area contributed by atoms with Gasteiger partial charge >= 0.3 is 7.12 Å². The molecule has 2 N–H and O–H groups in total. The van der Waals surface area contributed by atoms with Gasteiger partial charge in [-0.05, 0) is 17.5 Å². The first-order chi connectivity index (χ1) is 6.29. The third-order valence-corrected chi connectivity index (χ3v) is 2.30. The smallest absolute Gasteiger partial charge is 0.425 e. The van der Waals surface area contributed by atoms with E-state index >= 15 is 0 Å². The average Bonchev–Trinajstić information content (AvgIpc) is 2.17. The van der Waals surface area contributed by atoms with Crippen LogP contribution in [0.25, 0.3) is 0 Å². The monoisotopic (exact) mass is 178 g/mol. The van der Waals surface area contributed by atoms with Crippen molar-refractivity contribution >= 4 is 7.12 Å². The Kier molecular flexibility index (Phi) is 2.35. The number of hydrogen-bond acceptors (Lipinski definition) is 3. The van der Waals surface area contributed by atoms with Crippen LogP contribution in [0.3, 0.4) is 0 Å². The van der Waals surface area contributed by atoms with Crippen molar-refractivity contribution in [2.45, 2.75) is 12.4 Å². The van der Waals surface area contributed by atoms with Crippen molar-refractivity contribution in [1.29, 1.82) is 0 Å². The van der Waals surface area contributed by atoms with Gasteiger partial charge in [0.15, 0.2) is 0 Å². The van der Waals surface area contributed by atoms with E-state index in [1.807, 2.05) is 24.3 Å². The minimum absolute atomic E-state index is 0.555. The number of benzene rings is 1. The fraction of sp³-hybridized carbons (Fsp3) is 0.333. The first-order valence-corrected chi connectivity index (χ1v) is 4.34. The summed E-state index contributed by atoms with van der Waals surface area (Å²) in [7, 11) is -1.43. The molecule has 0 amide bonds. The van der Waals surface area contributed by atoms with E-state index in [1.165, 1.54) is 0 Å². The molecule has 0 saturated carbocycles. The minimum Gasteiger partial charge on any atom is -0.425 e. The van der Waals surface area contributed by atoms with Crippen LogP contribution >= 0.6 is 0 Å². The number of hydrogen-bond donors (Lipinski definition) is 2. The molecule has 13 heavy (non-hydrogen) atoms. The van der Waals surface area contributed by atoms with E-state index < -0.39 is 13.1 Å². The summed E-state index contributed by atoms with van der Waals surface area (Å²) in [6.45, 7) is 0.555. The predicted octanol–water partition coefficient (Wildman–Crippen LogP) is 0.312. The summed E-state index contributed by atoms with van der Waals surface area (Å²) in [4.78, 5) is 0. The van der Waals surface area contributed by atoms with Crippen molar-refractivity contribution in [2.75, 3.05) is 6.61 Å². The molecular formula is C9H11BO3. The number of ether oxygens (including phenoxy) is 1. The van der Waals surface area contributed by atoms with Crippen molar-refractivity contribution in [3.63, 3.8) is 0 Å². The van der Waals surface area contributed by atoms with Crippen LogP contribution in [0.1, 0.15) is 17.1 Å². The zero-order chi connectivity index (χ0) is 9.26. The maximum atomic E-state index is 9.05. The Morgan fingerprint density at radius 2 is 2.08 bits per heavy atom. The van der Waals surface area contributed by atoms with Crippen LogP contribution in [-0.4, -0.2) is 23.8 Å². The van der Waals surface area contributed by atoms with Gasteiger partial charge in [-0.25, -0.2) is 0 Å². The summed E-state index contributed by atoms with van der Waals surface area (Å²) >= 11 is 0. The number of fused-ring (bicyclic) bond motifs is 1. The lowest BCUT2D eigenvalue weighted by Crippen LogP contribution is -2.30. The van der Waals surface area contributed by atoms with Gasteiger partial charge in [-0.15, -0.1) is 0 Å². The first-order valence-electron chi connectivity index (χ1n) is 4.34. The quantitative estimate of drug-likeness (QED) is 0.608. The van der Waals surface area contributed by atoms with Crippen LogP contribution in [0.5, 0.6) is 0 Å². The molecular weight excluding hydrogens is 167 g/mol. The van der Waals surface area contributed by atoms with E-state index in [0.29, 0.717) is 6.61 Å². The molecule has 4 heteroatoms. The largest absolute Gasteiger partial charge is 0.487 e. The molecule has 1 aliphatic heterocycles. The lowest BCUT2D eigenvalue weighted by Gasteiger charge is -2.25. The van der Waals surface area contributed by atoms with E-state index in [9.17, 15) is 0 Å². The SMILES string of the molecule is OB(O)C1OCCc2ccccc21. The highest BCUT2D eigenvalue weighted by atomic mass is 16.5. The summed E-state index contributed by atoms with van der Waals surface area (Å²) < 4.78 is 5.27. The zero-order valence-electron chi connectivity index (χ0n) is 7.18. The second-order valence-electron chi connectivity index (χ2n) is 3.15. The van der Waals surface area contributed by atoms with Gasteiger partial charge in [-0.2, -0.15) is 0 Å². The predicted molar refractivity (Wildman–Crippen MR) is 49.0 cm³/mol. The van der Waals surface area contributed by atoms with Gasteiger partial charge in [-0.1, -0.05) is 24.3 Å². The maximum Gasteiger partial charge on any atom is 0.487 e. The minimum atomic E-state index is -1.43. The number of rotatable bonds is 1. The summed E-state index contributed by atoms with van der Waals surface area (Å²) in [6, 6.07) is 7.12. The molecule has 0 saturated heterocycles. The molecule has 1 aromatic carbocycles. The highest BCUT2D eigenvalue weighted by Gasteiger charge is 2.30.